The smallest absolute Gasteiger partial charge is 0.339 e. The number of aliphatic hydroxyl groups is 1. The first-order chi connectivity index (χ1) is 8.95. The molecule has 2 N–H and O–H groups in total. The van der Waals surface area contributed by atoms with Crippen LogP contribution in [0.25, 0.3) is 0 Å². The fraction of sp³-hybridized carbons (Fsp3) is 0.385. The molecule has 0 spiro atoms. The third-order valence-corrected chi connectivity index (χ3v) is 2.60. The number of hydrogen-bond donors (Lipinski definition) is 2. The Morgan fingerprint density at radius 3 is 2.68 bits per heavy atom. The highest BCUT2D eigenvalue weighted by atomic mass is 35.5. The molecule has 1 aromatic carbocycles. The molecule has 6 heteroatoms. The van der Waals surface area contributed by atoms with Gasteiger partial charge in [0.05, 0.1) is 23.3 Å². The summed E-state index contributed by atoms with van der Waals surface area (Å²) >= 11 is 5.94. The summed E-state index contributed by atoms with van der Waals surface area (Å²) < 4.78 is 4.83. The van der Waals surface area contributed by atoms with Gasteiger partial charge >= 0.3 is 5.97 Å². The van der Waals surface area contributed by atoms with Gasteiger partial charge in [-0.3, -0.25) is 4.79 Å². The van der Waals surface area contributed by atoms with E-state index in [2.05, 4.69) is 5.32 Å². The fourth-order valence-electron chi connectivity index (χ4n) is 1.37. The minimum absolute atomic E-state index is 0.149. The number of aliphatic hydroxyl groups excluding tert-OH is 1. The van der Waals surface area contributed by atoms with E-state index in [4.69, 9.17) is 21.4 Å². The van der Waals surface area contributed by atoms with Crippen molar-refractivity contribution in [1.82, 2.24) is 5.32 Å². The van der Waals surface area contributed by atoms with E-state index in [1.807, 2.05) is 0 Å². The normalized spacial score (nSPS) is 11.8. The second-order valence-electron chi connectivity index (χ2n) is 3.97. The zero-order valence-electron chi connectivity index (χ0n) is 10.8. The van der Waals surface area contributed by atoms with Crippen molar-refractivity contribution in [1.29, 1.82) is 0 Å². The number of carbonyl (C=O) groups excluding carboxylic acids is 2. The van der Waals surface area contributed by atoms with Crippen molar-refractivity contribution in [3.8, 4) is 0 Å². The Bertz CT molecular complexity index is 474. The van der Waals surface area contributed by atoms with Crippen LogP contribution in [-0.4, -0.2) is 36.2 Å². The van der Waals surface area contributed by atoms with Gasteiger partial charge in [-0.1, -0.05) is 11.6 Å². The molecule has 1 amide bonds. The maximum absolute atomic E-state index is 11.7. The van der Waals surface area contributed by atoms with Crippen LogP contribution in [0.3, 0.4) is 0 Å². The van der Waals surface area contributed by atoms with Crippen LogP contribution in [0.15, 0.2) is 18.2 Å². The van der Waals surface area contributed by atoms with Gasteiger partial charge in [0.25, 0.3) is 5.91 Å². The van der Waals surface area contributed by atoms with Crippen LogP contribution in [0.2, 0.25) is 5.02 Å². The molecule has 0 saturated carbocycles. The standard InChI is InChI=1S/C13H16ClNO4/c1-3-19-13(18)10-5-4-9(6-11(10)14)12(17)15-7-8(2)16/h4-6,8,16H,3,7H2,1-2H3,(H,15,17). The number of halogens is 1. The summed E-state index contributed by atoms with van der Waals surface area (Å²) in [5.74, 6) is -0.887. The van der Waals surface area contributed by atoms with Gasteiger partial charge in [-0.15, -0.1) is 0 Å². The average molecular weight is 286 g/mol. The predicted octanol–water partition coefficient (Wildman–Crippen LogP) is 1.63. The number of benzene rings is 1. The number of nitrogens with one attached hydrogen (secondary N) is 1. The Kier molecular flexibility index (Phi) is 5.79. The first-order valence-corrected chi connectivity index (χ1v) is 6.26. The van der Waals surface area contributed by atoms with Crippen LogP contribution in [-0.2, 0) is 4.74 Å². The molecule has 0 bridgehead atoms. The lowest BCUT2D eigenvalue weighted by molar-refractivity contribution is 0.0526. The average Bonchev–Trinajstić information content (AvgIpc) is 2.35. The van der Waals surface area contributed by atoms with Gasteiger partial charge in [-0.2, -0.15) is 0 Å². The molecule has 0 fully saturated rings. The van der Waals surface area contributed by atoms with E-state index in [9.17, 15) is 9.59 Å². The summed E-state index contributed by atoms with van der Waals surface area (Å²) in [6.07, 6.45) is -0.627. The monoisotopic (exact) mass is 285 g/mol. The van der Waals surface area contributed by atoms with Crippen molar-refractivity contribution in [3.05, 3.63) is 34.3 Å². The van der Waals surface area contributed by atoms with E-state index >= 15 is 0 Å². The fourth-order valence-corrected chi connectivity index (χ4v) is 1.63. The molecule has 0 heterocycles. The number of hydrogen-bond acceptors (Lipinski definition) is 4. The number of esters is 1. The van der Waals surface area contributed by atoms with Crippen LogP contribution in [0.4, 0.5) is 0 Å². The predicted molar refractivity (Wildman–Crippen MR) is 71.4 cm³/mol. The molecule has 0 aliphatic heterocycles. The second kappa shape index (κ2) is 7.11. The largest absolute Gasteiger partial charge is 0.462 e. The van der Waals surface area contributed by atoms with Gasteiger partial charge in [0, 0.05) is 12.1 Å². The molecule has 19 heavy (non-hydrogen) atoms. The topological polar surface area (TPSA) is 75.6 Å². The summed E-state index contributed by atoms with van der Waals surface area (Å²) in [5, 5.41) is 11.8. The summed E-state index contributed by atoms with van der Waals surface area (Å²) in [6, 6.07) is 4.32. The molecule has 0 saturated heterocycles. The summed E-state index contributed by atoms with van der Waals surface area (Å²) in [7, 11) is 0. The highest BCUT2D eigenvalue weighted by Crippen LogP contribution is 2.19. The summed E-state index contributed by atoms with van der Waals surface area (Å²) in [4.78, 5) is 23.2. The lowest BCUT2D eigenvalue weighted by atomic mass is 10.1. The Balaban J connectivity index is 2.81. The minimum Gasteiger partial charge on any atom is -0.462 e. The Hall–Kier alpha value is -1.59. The van der Waals surface area contributed by atoms with Gasteiger partial charge in [0.15, 0.2) is 0 Å². The third-order valence-electron chi connectivity index (χ3n) is 2.28. The highest BCUT2D eigenvalue weighted by molar-refractivity contribution is 6.34. The van der Waals surface area contributed by atoms with Crippen molar-refractivity contribution in [2.75, 3.05) is 13.2 Å². The summed E-state index contributed by atoms with van der Waals surface area (Å²) in [5.41, 5.74) is 0.536. The molecule has 104 valence electrons. The van der Waals surface area contributed by atoms with Crippen molar-refractivity contribution in [3.63, 3.8) is 0 Å². The molecule has 1 aromatic rings. The maximum Gasteiger partial charge on any atom is 0.339 e. The van der Waals surface area contributed by atoms with Crippen LogP contribution >= 0.6 is 11.6 Å². The molecular weight excluding hydrogens is 270 g/mol. The van der Waals surface area contributed by atoms with Gasteiger partial charge in [-0.05, 0) is 32.0 Å². The van der Waals surface area contributed by atoms with Crippen LogP contribution < -0.4 is 5.32 Å². The van der Waals surface area contributed by atoms with Gasteiger partial charge in [-0.25, -0.2) is 4.79 Å². The van der Waals surface area contributed by atoms with Crippen molar-refractivity contribution in [2.24, 2.45) is 0 Å². The zero-order valence-corrected chi connectivity index (χ0v) is 11.5. The second-order valence-corrected chi connectivity index (χ2v) is 4.38. The van der Waals surface area contributed by atoms with E-state index in [0.29, 0.717) is 5.56 Å². The molecule has 0 aliphatic carbocycles. The van der Waals surface area contributed by atoms with Crippen molar-refractivity contribution >= 4 is 23.5 Å². The molecule has 0 aromatic heterocycles. The van der Waals surface area contributed by atoms with E-state index in [0.717, 1.165) is 0 Å². The van der Waals surface area contributed by atoms with E-state index in [1.54, 1.807) is 13.8 Å². The molecule has 1 unspecified atom stereocenters. The molecule has 0 aliphatic rings. The van der Waals surface area contributed by atoms with Crippen LogP contribution in [0.1, 0.15) is 34.6 Å². The van der Waals surface area contributed by atoms with Gasteiger partial charge in [0.2, 0.25) is 0 Å². The lowest BCUT2D eigenvalue weighted by Crippen LogP contribution is -2.30. The van der Waals surface area contributed by atoms with Gasteiger partial charge < -0.3 is 15.2 Å². The van der Waals surface area contributed by atoms with Crippen LogP contribution in [0.5, 0.6) is 0 Å². The molecule has 0 radical (unpaired) electrons. The molecule has 1 atom stereocenters. The van der Waals surface area contributed by atoms with Gasteiger partial charge in [0.1, 0.15) is 0 Å². The van der Waals surface area contributed by atoms with Crippen molar-refractivity contribution in [2.45, 2.75) is 20.0 Å². The first kappa shape index (κ1) is 15.5. The number of rotatable bonds is 5. The number of carbonyl (C=O) groups is 2. The van der Waals surface area contributed by atoms with E-state index in [-0.39, 0.29) is 29.6 Å². The minimum atomic E-state index is -0.627. The van der Waals surface area contributed by atoms with Crippen molar-refractivity contribution < 1.29 is 19.4 Å². The Morgan fingerprint density at radius 1 is 1.47 bits per heavy atom. The maximum atomic E-state index is 11.7. The number of ether oxygens (including phenoxy) is 1. The quantitative estimate of drug-likeness (QED) is 0.806. The number of amides is 1. The first-order valence-electron chi connectivity index (χ1n) is 5.88. The summed E-state index contributed by atoms with van der Waals surface area (Å²) in [6.45, 7) is 3.67. The SMILES string of the molecule is CCOC(=O)c1ccc(C(=O)NCC(C)O)cc1Cl. The van der Waals surface area contributed by atoms with E-state index in [1.165, 1.54) is 18.2 Å². The molecule has 5 nitrogen and oxygen atoms in total. The Labute approximate surface area is 116 Å². The highest BCUT2D eigenvalue weighted by Gasteiger charge is 2.14. The lowest BCUT2D eigenvalue weighted by Gasteiger charge is -2.09. The zero-order chi connectivity index (χ0) is 14.4. The third kappa shape index (κ3) is 4.54. The van der Waals surface area contributed by atoms with E-state index < -0.39 is 12.1 Å². The van der Waals surface area contributed by atoms with Crippen LogP contribution in [0, 0.1) is 0 Å². The Morgan fingerprint density at radius 2 is 2.16 bits per heavy atom. The molecule has 1 rings (SSSR count). The molecular formula is C13H16ClNO4.